The lowest BCUT2D eigenvalue weighted by atomic mass is 9.73. The van der Waals surface area contributed by atoms with Gasteiger partial charge in [-0.15, -0.1) is 11.3 Å². The highest BCUT2D eigenvalue weighted by molar-refractivity contribution is 7.13. The van der Waals surface area contributed by atoms with Crippen LogP contribution in [-0.2, 0) is 9.53 Å². The average Bonchev–Trinajstić information content (AvgIpc) is 3.48. The molecule has 1 atom stereocenters. The van der Waals surface area contributed by atoms with Gasteiger partial charge in [0.25, 0.3) is 5.91 Å². The van der Waals surface area contributed by atoms with Crippen molar-refractivity contribution in [3.05, 3.63) is 59.3 Å². The molecule has 4 rings (SSSR count). The van der Waals surface area contributed by atoms with Crippen LogP contribution in [0.1, 0.15) is 48.0 Å². The van der Waals surface area contributed by atoms with Crippen LogP contribution in [0, 0.1) is 5.92 Å². The van der Waals surface area contributed by atoms with E-state index in [-0.39, 0.29) is 11.9 Å². The zero-order chi connectivity index (χ0) is 22.7. The summed E-state index contributed by atoms with van der Waals surface area (Å²) in [7, 11) is 4.10. The summed E-state index contributed by atoms with van der Waals surface area (Å²) >= 11 is 1.43. The number of benzene rings is 1. The van der Waals surface area contributed by atoms with Crippen LogP contribution >= 0.6 is 11.3 Å². The van der Waals surface area contributed by atoms with Crippen LogP contribution in [0.25, 0.3) is 10.7 Å². The van der Waals surface area contributed by atoms with E-state index in [1.807, 2.05) is 49.8 Å². The van der Waals surface area contributed by atoms with E-state index in [0.717, 1.165) is 4.88 Å². The van der Waals surface area contributed by atoms with Gasteiger partial charge in [-0.2, -0.15) is 4.98 Å². The molecular formula is C23H26N4O4S. The molecule has 1 aliphatic rings. The van der Waals surface area contributed by atoms with Crippen molar-refractivity contribution in [2.75, 3.05) is 14.1 Å². The third-order valence-electron chi connectivity index (χ3n) is 6.06. The molecule has 1 aromatic carbocycles. The molecule has 2 heterocycles. The first-order valence-corrected chi connectivity index (χ1v) is 11.4. The maximum atomic E-state index is 12.7. The molecular weight excluding hydrogens is 428 g/mol. The molecule has 8 nitrogen and oxygen atoms in total. The quantitative estimate of drug-likeness (QED) is 0.542. The smallest absolute Gasteiger partial charge is 0.398 e. The molecule has 0 saturated heterocycles. The summed E-state index contributed by atoms with van der Waals surface area (Å²) < 4.78 is 10.7. The van der Waals surface area contributed by atoms with Crippen molar-refractivity contribution >= 4 is 23.2 Å². The van der Waals surface area contributed by atoms with E-state index in [2.05, 4.69) is 27.2 Å². The van der Waals surface area contributed by atoms with Gasteiger partial charge in [0.05, 0.1) is 4.88 Å². The fraction of sp³-hybridized carbons (Fsp3) is 0.391. The van der Waals surface area contributed by atoms with Gasteiger partial charge in [0.1, 0.15) is 0 Å². The van der Waals surface area contributed by atoms with E-state index >= 15 is 0 Å². The minimum atomic E-state index is -1.38. The lowest BCUT2D eigenvalue weighted by molar-refractivity contribution is -0.142. The highest BCUT2D eigenvalue weighted by atomic mass is 32.1. The zero-order valence-electron chi connectivity index (χ0n) is 18.1. The van der Waals surface area contributed by atoms with Crippen LogP contribution in [0.4, 0.5) is 0 Å². The van der Waals surface area contributed by atoms with Gasteiger partial charge in [-0.3, -0.25) is 4.79 Å². The third kappa shape index (κ3) is 4.44. The van der Waals surface area contributed by atoms with Crippen molar-refractivity contribution in [2.24, 2.45) is 11.7 Å². The molecule has 2 aromatic heterocycles. The van der Waals surface area contributed by atoms with Crippen molar-refractivity contribution in [3.8, 4) is 10.7 Å². The number of nitrogens with two attached hydrogens (primary N) is 1. The van der Waals surface area contributed by atoms with Crippen molar-refractivity contribution < 1.29 is 18.8 Å². The zero-order valence-corrected chi connectivity index (χ0v) is 18.9. The molecule has 32 heavy (non-hydrogen) atoms. The molecule has 1 aliphatic carbocycles. The first-order chi connectivity index (χ1) is 15.4. The highest BCUT2D eigenvalue weighted by Gasteiger charge is 2.46. The van der Waals surface area contributed by atoms with E-state index in [9.17, 15) is 9.59 Å². The number of nitrogens with zero attached hydrogens (tertiary/aromatic N) is 3. The Morgan fingerprint density at radius 3 is 2.50 bits per heavy atom. The van der Waals surface area contributed by atoms with Crippen molar-refractivity contribution in [1.29, 1.82) is 0 Å². The van der Waals surface area contributed by atoms with E-state index in [1.165, 1.54) is 16.9 Å². The molecule has 9 heteroatoms. The first kappa shape index (κ1) is 22.2. The van der Waals surface area contributed by atoms with Gasteiger partial charge in [0.2, 0.25) is 5.82 Å². The van der Waals surface area contributed by atoms with Crippen LogP contribution in [0.15, 0.2) is 52.4 Å². The monoisotopic (exact) mass is 454 g/mol. The summed E-state index contributed by atoms with van der Waals surface area (Å²) in [6, 6.07) is 14.1. The number of amides is 1. The molecule has 0 bridgehead atoms. The molecule has 1 fully saturated rings. The van der Waals surface area contributed by atoms with Gasteiger partial charge >= 0.3 is 11.9 Å². The maximum Gasteiger partial charge on any atom is 0.398 e. The second kappa shape index (κ2) is 9.22. The minimum absolute atomic E-state index is 0.196. The lowest BCUT2D eigenvalue weighted by Gasteiger charge is -2.41. The van der Waals surface area contributed by atoms with Crippen molar-refractivity contribution in [2.45, 2.75) is 37.3 Å². The molecule has 1 amide bonds. The van der Waals surface area contributed by atoms with Crippen LogP contribution < -0.4 is 5.73 Å². The van der Waals surface area contributed by atoms with Gasteiger partial charge in [-0.25, -0.2) is 4.79 Å². The van der Waals surface area contributed by atoms with Gasteiger partial charge in [0.15, 0.2) is 5.60 Å². The predicted octanol–water partition coefficient (Wildman–Crippen LogP) is 3.67. The number of esters is 1. The molecule has 168 valence electrons. The number of rotatable bonds is 7. The number of primary amides is 1. The van der Waals surface area contributed by atoms with E-state index in [4.69, 9.17) is 15.0 Å². The number of ether oxygens (including phenoxy) is 1. The largest absolute Gasteiger partial charge is 0.442 e. The van der Waals surface area contributed by atoms with Gasteiger partial charge in [0, 0.05) is 6.04 Å². The van der Waals surface area contributed by atoms with E-state index < -0.39 is 17.5 Å². The molecule has 0 spiro atoms. The predicted molar refractivity (Wildman–Crippen MR) is 120 cm³/mol. The molecule has 0 aliphatic heterocycles. The van der Waals surface area contributed by atoms with Crippen LogP contribution in [0.3, 0.4) is 0 Å². The number of carbonyl (C=O) groups is 2. The van der Waals surface area contributed by atoms with Crippen LogP contribution in [0.2, 0.25) is 0 Å². The normalized spacial score (nSPS) is 21.9. The summed E-state index contributed by atoms with van der Waals surface area (Å²) in [5.74, 6) is -1.16. The van der Waals surface area contributed by atoms with Crippen LogP contribution in [-0.4, -0.2) is 46.6 Å². The average molecular weight is 455 g/mol. The Morgan fingerprint density at radius 1 is 1.19 bits per heavy atom. The third-order valence-corrected chi connectivity index (χ3v) is 6.93. The number of hydrogen-bond acceptors (Lipinski definition) is 8. The molecule has 3 aromatic rings. The Morgan fingerprint density at radius 2 is 1.91 bits per heavy atom. The molecule has 0 radical (unpaired) electrons. The number of hydrogen-bond donors (Lipinski definition) is 1. The van der Waals surface area contributed by atoms with Crippen molar-refractivity contribution in [1.82, 2.24) is 15.0 Å². The number of carbonyl (C=O) groups excluding carboxylic acids is 2. The summed E-state index contributed by atoms with van der Waals surface area (Å²) in [6.45, 7) is 0. The van der Waals surface area contributed by atoms with E-state index in [0.29, 0.717) is 37.4 Å². The Kier molecular flexibility index (Phi) is 6.38. The fourth-order valence-electron chi connectivity index (χ4n) is 4.50. The Balaban J connectivity index is 1.47. The minimum Gasteiger partial charge on any atom is -0.442 e. The Labute approximate surface area is 190 Å². The van der Waals surface area contributed by atoms with Crippen molar-refractivity contribution in [3.63, 3.8) is 0 Å². The summed E-state index contributed by atoms with van der Waals surface area (Å²) in [6.07, 6.45) is 2.08. The second-order valence-electron chi connectivity index (χ2n) is 8.31. The fourth-order valence-corrected chi connectivity index (χ4v) is 5.15. The Bertz CT molecular complexity index is 1060. The maximum absolute atomic E-state index is 12.7. The second-order valence-corrected chi connectivity index (χ2v) is 9.25. The van der Waals surface area contributed by atoms with Crippen LogP contribution in [0.5, 0.6) is 0 Å². The first-order valence-electron chi connectivity index (χ1n) is 10.5. The summed E-state index contributed by atoms with van der Waals surface area (Å²) in [5.41, 5.74) is 5.56. The highest BCUT2D eigenvalue weighted by Crippen LogP contribution is 2.42. The lowest BCUT2D eigenvalue weighted by Crippen LogP contribution is -2.51. The summed E-state index contributed by atoms with van der Waals surface area (Å²) in [5, 5.41) is 5.71. The van der Waals surface area contributed by atoms with Gasteiger partial charge < -0.3 is 19.9 Å². The molecule has 1 unspecified atom stereocenters. The standard InChI is InChI=1S/C23H26N4O4S/c1-27(2)18(15-7-4-3-5-8-15)16-10-12-23(13-11-16,22(24)29)30-21(28)20-25-19(26-31-20)17-9-6-14-32-17/h3-9,14,16,18H,10-13H2,1-2H3,(H2,24,29). The summed E-state index contributed by atoms with van der Waals surface area (Å²) in [4.78, 5) is 32.2. The number of aromatic nitrogens is 2. The SMILES string of the molecule is CN(C)C(c1ccccc1)C1CCC(OC(=O)c2nc(-c3cccs3)no2)(C(N)=O)CC1. The Hall–Kier alpha value is -3.04. The molecule has 1 saturated carbocycles. The molecule has 2 N–H and O–H groups in total. The topological polar surface area (TPSA) is 112 Å². The van der Waals surface area contributed by atoms with E-state index in [1.54, 1.807) is 0 Å². The van der Waals surface area contributed by atoms with Gasteiger partial charge in [-0.05, 0) is 62.7 Å². The number of thiophene rings is 1. The van der Waals surface area contributed by atoms with Gasteiger partial charge in [-0.1, -0.05) is 41.6 Å².